The standard InChI is InChI=1S/C21H28N6O/c1-5-18-12-20(24-23-16(18)4)28-13-17-6-8-26(9-7-17)21-11-14(2)22-19-10-15(3)25-27(19)21/h10-12,17H,5-9,13H2,1-4H3. The molecule has 4 heterocycles. The molecule has 0 saturated carbocycles. The SMILES string of the molecule is CCc1cc(OCC2CCN(c3cc(C)nc4cc(C)nn34)CC2)nnc1C. The van der Waals surface area contributed by atoms with E-state index in [0.717, 1.165) is 60.9 Å². The van der Waals surface area contributed by atoms with Crippen LogP contribution in [0.1, 0.15) is 42.4 Å². The molecule has 0 spiro atoms. The highest BCUT2D eigenvalue weighted by Gasteiger charge is 2.22. The minimum atomic E-state index is 0.530. The molecule has 0 bridgehead atoms. The van der Waals surface area contributed by atoms with Crippen molar-refractivity contribution >= 4 is 11.5 Å². The van der Waals surface area contributed by atoms with E-state index in [-0.39, 0.29) is 0 Å². The third-order valence-corrected chi connectivity index (χ3v) is 5.51. The lowest BCUT2D eigenvalue weighted by Crippen LogP contribution is -2.36. The van der Waals surface area contributed by atoms with Gasteiger partial charge in [0.25, 0.3) is 0 Å². The molecule has 0 aliphatic carbocycles. The molecular formula is C21H28N6O. The topological polar surface area (TPSA) is 68.4 Å². The zero-order valence-electron chi connectivity index (χ0n) is 17.1. The van der Waals surface area contributed by atoms with Crippen molar-refractivity contribution in [2.75, 3.05) is 24.6 Å². The number of anilines is 1. The highest BCUT2D eigenvalue weighted by atomic mass is 16.5. The third-order valence-electron chi connectivity index (χ3n) is 5.51. The number of aromatic nitrogens is 5. The van der Waals surface area contributed by atoms with Gasteiger partial charge in [0.15, 0.2) is 5.65 Å². The monoisotopic (exact) mass is 380 g/mol. The van der Waals surface area contributed by atoms with Crippen LogP contribution in [0.2, 0.25) is 0 Å². The Morgan fingerprint density at radius 1 is 1.04 bits per heavy atom. The van der Waals surface area contributed by atoms with E-state index in [1.165, 1.54) is 5.56 Å². The van der Waals surface area contributed by atoms with E-state index in [1.807, 2.05) is 37.4 Å². The second kappa shape index (κ2) is 7.73. The fourth-order valence-electron chi connectivity index (χ4n) is 3.85. The minimum Gasteiger partial charge on any atom is -0.476 e. The Bertz CT molecular complexity index is 974. The molecule has 0 radical (unpaired) electrons. The molecule has 1 aliphatic heterocycles. The first kappa shape index (κ1) is 18.7. The molecule has 7 heteroatoms. The van der Waals surface area contributed by atoms with Gasteiger partial charge in [0, 0.05) is 37.0 Å². The maximum atomic E-state index is 5.96. The number of fused-ring (bicyclic) bond motifs is 1. The summed E-state index contributed by atoms with van der Waals surface area (Å²) >= 11 is 0. The lowest BCUT2D eigenvalue weighted by Gasteiger charge is -2.33. The maximum Gasteiger partial charge on any atom is 0.233 e. The van der Waals surface area contributed by atoms with Gasteiger partial charge in [-0.2, -0.15) is 14.7 Å². The number of hydrogen-bond donors (Lipinski definition) is 0. The molecular weight excluding hydrogens is 352 g/mol. The predicted octanol–water partition coefficient (Wildman–Crippen LogP) is 3.30. The minimum absolute atomic E-state index is 0.530. The summed E-state index contributed by atoms with van der Waals surface area (Å²) in [4.78, 5) is 7.00. The molecule has 0 unspecified atom stereocenters. The molecule has 0 aromatic carbocycles. The first-order chi connectivity index (χ1) is 13.5. The van der Waals surface area contributed by atoms with Crippen molar-refractivity contribution in [2.45, 2.75) is 47.0 Å². The lowest BCUT2D eigenvalue weighted by atomic mass is 9.98. The summed E-state index contributed by atoms with van der Waals surface area (Å²) in [5, 5.41) is 13.0. The summed E-state index contributed by atoms with van der Waals surface area (Å²) < 4.78 is 7.92. The van der Waals surface area contributed by atoms with Gasteiger partial charge in [-0.05, 0) is 51.5 Å². The molecule has 1 saturated heterocycles. The molecule has 3 aromatic rings. The summed E-state index contributed by atoms with van der Waals surface area (Å²) in [6.45, 7) is 10.8. The van der Waals surface area contributed by atoms with Gasteiger partial charge in [-0.3, -0.25) is 0 Å². The summed E-state index contributed by atoms with van der Waals surface area (Å²) in [7, 11) is 0. The smallest absolute Gasteiger partial charge is 0.233 e. The van der Waals surface area contributed by atoms with E-state index in [2.05, 4.69) is 38.2 Å². The van der Waals surface area contributed by atoms with Gasteiger partial charge < -0.3 is 9.64 Å². The van der Waals surface area contributed by atoms with Crippen molar-refractivity contribution in [3.63, 3.8) is 0 Å². The van der Waals surface area contributed by atoms with Gasteiger partial charge in [-0.15, -0.1) is 5.10 Å². The highest BCUT2D eigenvalue weighted by Crippen LogP contribution is 2.25. The zero-order chi connectivity index (χ0) is 19.7. The highest BCUT2D eigenvalue weighted by molar-refractivity contribution is 5.52. The maximum absolute atomic E-state index is 5.96. The van der Waals surface area contributed by atoms with Crippen LogP contribution in [0, 0.1) is 26.7 Å². The molecule has 28 heavy (non-hydrogen) atoms. The summed E-state index contributed by atoms with van der Waals surface area (Å²) in [6.07, 6.45) is 3.12. The van der Waals surface area contributed by atoms with Gasteiger partial charge in [0.05, 0.1) is 18.0 Å². The average Bonchev–Trinajstić information content (AvgIpc) is 3.07. The van der Waals surface area contributed by atoms with Crippen molar-refractivity contribution in [1.82, 2.24) is 24.8 Å². The van der Waals surface area contributed by atoms with E-state index in [0.29, 0.717) is 18.4 Å². The van der Waals surface area contributed by atoms with Gasteiger partial charge in [0.2, 0.25) is 5.88 Å². The lowest BCUT2D eigenvalue weighted by molar-refractivity contribution is 0.213. The largest absolute Gasteiger partial charge is 0.476 e. The van der Waals surface area contributed by atoms with Crippen LogP contribution in [0.4, 0.5) is 5.82 Å². The number of ether oxygens (including phenoxy) is 1. The summed E-state index contributed by atoms with van der Waals surface area (Å²) in [5.41, 5.74) is 5.12. The van der Waals surface area contributed by atoms with Crippen LogP contribution in [0.3, 0.4) is 0 Å². The Morgan fingerprint density at radius 2 is 1.82 bits per heavy atom. The number of nitrogens with zero attached hydrogens (tertiary/aromatic N) is 6. The predicted molar refractivity (Wildman–Crippen MR) is 109 cm³/mol. The van der Waals surface area contributed by atoms with Crippen LogP contribution in [0.15, 0.2) is 18.2 Å². The molecule has 3 aromatic heterocycles. The van der Waals surface area contributed by atoms with Crippen LogP contribution in [0.25, 0.3) is 5.65 Å². The quantitative estimate of drug-likeness (QED) is 0.676. The normalized spacial score (nSPS) is 15.4. The van der Waals surface area contributed by atoms with E-state index >= 15 is 0 Å². The third kappa shape index (κ3) is 3.79. The van der Waals surface area contributed by atoms with E-state index in [9.17, 15) is 0 Å². The van der Waals surface area contributed by atoms with E-state index < -0.39 is 0 Å². The van der Waals surface area contributed by atoms with Crippen molar-refractivity contribution in [3.8, 4) is 5.88 Å². The van der Waals surface area contributed by atoms with Gasteiger partial charge >= 0.3 is 0 Å². The molecule has 7 nitrogen and oxygen atoms in total. The second-order valence-electron chi connectivity index (χ2n) is 7.70. The van der Waals surface area contributed by atoms with Gasteiger partial charge in [-0.1, -0.05) is 6.92 Å². The van der Waals surface area contributed by atoms with Crippen LogP contribution in [-0.4, -0.2) is 44.5 Å². The van der Waals surface area contributed by atoms with Crippen molar-refractivity contribution in [3.05, 3.63) is 40.8 Å². The molecule has 148 valence electrons. The Balaban J connectivity index is 1.39. The molecule has 0 amide bonds. The number of piperidine rings is 1. The van der Waals surface area contributed by atoms with E-state index in [1.54, 1.807) is 0 Å². The molecule has 1 aliphatic rings. The summed E-state index contributed by atoms with van der Waals surface area (Å²) in [6, 6.07) is 6.18. The molecule has 0 N–H and O–H groups in total. The van der Waals surface area contributed by atoms with Crippen LogP contribution in [0.5, 0.6) is 5.88 Å². The number of aryl methyl sites for hydroxylation is 4. The van der Waals surface area contributed by atoms with Gasteiger partial charge in [0.1, 0.15) is 5.82 Å². The zero-order valence-corrected chi connectivity index (χ0v) is 17.1. The fraction of sp³-hybridized carbons (Fsp3) is 0.524. The van der Waals surface area contributed by atoms with Crippen LogP contribution >= 0.6 is 0 Å². The Labute approximate surface area is 165 Å². The molecule has 0 atom stereocenters. The first-order valence-electron chi connectivity index (χ1n) is 10.1. The van der Waals surface area contributed by atoms with E-state index in [4.69, 9.17) is 4.74 Å². The average molecular weight is 380 g/mol. The van der Waals surface area contributed by atoms with Crippen molar-refractivity contribution in [1.29, 1.82) is 0 Å². The fourth-order valence-corrected chi connectivity index (χ4v) is 3.85. The molecule has 4 rings (SSSR count). The summed E-state index contributed by atoms with van der Waals surface area (Å²) in [5.74, 6) is 2.30. The molecule has 1 fully saturated rings. The van der Waals surface area contributed by atoms with Crippen molar-refractivity contribution in [2.24, 2.45) is 5.92 Å². The Morgan fingerprint density at radius 3 is 2.57 bits per heavy atom. The van der Waals surface area contributed by atoms with Crippen LogP contribution in [-0.2, 0) is 6.42 Å². The first-order valence-corrected chi connectivity index (χ1v) is 10.1. The van der Waals surface area contributed by atoms with Gasteiger partial charge in [-0.25, -0.2) is 4.98 Å². The number of rotatable bonds is 5. The van der Waals surface area contributed by atoms with Crippen LogP contribution < -0.4 is 9.64 Å². The Hall–Kier alpha value is -2.70. The Kier molecular flexibility index (Phi) is 5.15. The second-order valence-corrected chi connectivity index (χ2v) is 7.70. The van der Waals surface area contributed by atoms with Crippen molar-refractivity contribution < 1.29 is 4.74 Å². The number of hydrogen-bond acceptors (Lipinski definition) is 6.